The summed E-state index contributed by atoms with van der Waals surface area (Å²) in [4.78, 5) is 11.2. The van der Waals surface area contributed by atoms with Crippen LogP contribution >= 0.6 is 0 Å². The van der Waals surface area contributed by atoms with Gasteiger partial charge >= 0.3 is 0 Å². The van der Waals surface area contributed by atoms with Crippen molar-refractivity contribution < 1.29 is 9.47 Å². The molecule has 0 unspecified atom stereocenters. The monoisotopic (exact) mass is 330 g/mol. The minimum atomic E-state index is 0.223. The van der Waals surface area contributed by atoms with Gasteiger partial charge in [-0.15, -0.1) is 0 Å². The van der Waals surface area contributed by atoms with Crippen LogP contribution in [0.2, 0.25) is 0 Å². The number of ether oxygens (including phenoxy) is 2. The number of hydrogen-bond acceptors (Lipinski definition) is 5. The molecule has 1 aliphatic rings. The Bertz CT molecular complexity index is 616. The van der Waals surface area contributed by atoms with E-state index >= 15 is 0 Å². The number of methoxy groups -OCH3 is 1. The molecule has 0 N–H and O–H groups in total. The Balaban J connectivity index is 1.70. The van der Waals surface area contributed by atoms with Crippen molar-refractivity contribution in [3.8, 4) is 0 Å². The lowest BCUT2D eigenvalue weighted by Crippen LogP contribution is -2.38. The van der Waals surface area contributed by atoms with Gasteiger partial charge in [-0.1, -0.05) is 6.07 Å². The van der Waals surface area contributed by atoms with Gasteiger partial charge in [0.2, 0.25) is 0 Å². The van der Waals surface area contributed by atoms with Gasteiger partial charge in [0, 0.05) is 51.5 Å². The molecule has 0 radical (unpaired) electrons. The molecule has 0 amide bonds. The molecule has 6 heteroatoms. The van der Waals surface area contributed by atoms with E-state index in [-0.39, 0.29) is 6.10 Å². The molecule has 1 aliphatic heterocycles. The first kappa shape index (κ1) is 17.1. The van der Waals surface area contributed by atoms with E-state index in [1.807, 2.05) is 37.9 Å². The molecule has 6 nitrogen and oxygen atoms in total. The highest BCUT2D eigenvalue weighted by molar-refractivity contribution is 5.12. The summed E-state index contributed by atoms with van der Waals surface area (Å²) in [6.45, 7) is 3.14. The molecule has 1 fully saturated rings. The van der Waals surface area contributed by atoms with Crippen LogP contribution in [0.5, 0.6) is 0 Å². The first-order chi connectivity index (χ1) is 11.8. The van der Waals surface area contributed by atoms with E-state index < -0.39 is 0 Å². The molecule has 2 aromatic heterocycles. The van der Waals surface area contributed by atoms with Gasteiger partial charge in [0.25, 0.3) is 0 Å². The fraction of sp³-hybridized carbons (Fsp3) is 0.556. The molecule has 0 aromatic carbocycles. The molecule has 130 valence electrons. The fourth-order valence-electron chi connectivity index (χ4n) is 3.31. The van der Waals surface area contributed by atoms with Crippen LogP contribution in [0.15, 0.2) is 36.9 Å². The zero-order chi connectivity index (χ0) is 16.8. The number of nitrogens with zero attached hydrogens (tertiary/aromatic N) is 4. The Kier molecular flexibility index (Phi) is 5.96. The smallest absolute Gasteiger partial charge is 0.122 e. The molecule has 2 aromatic rings. The maximum Gasteiger partial charge on any atom is 0.122 e. The van der Waals surface area contributed by atoms with E-state index in [1.54, 1.807) is 7.11 Å². The quantitative estimate of drug-likeness (QED) is 0.689. The highest BCUT2D eigenvalue weighted by Gasteiger charge is 2.35. The second-order valence-corrected chi connectivity index (χ2v) is 6.25. The number of imidazole rings is 1. The predicted octanol–water partition coefficient (Wildman–Crippen LogP) is 1.66. The van der Waals surface area contributed by atoms with E-state index in [4.69, 9.17) is 9.47 Å². The largest absolute Gasteiger partial charge is 0.382 e. The molecule has 0 aliphatic carbocycles. The standard InChI is InChI=1S/C18H26N4O2/c1-21-9-7-20-18(21)14-22-8-5-17(24-11-10-23-2)16(22)12-15-4-3-6-19-13-15/h3-4,6-7,9,13,16-17H,5,8,10-12,14H2,1-2H3/t16-,17-/m1/s1. The van der Waals surface area contributed by atoms with Crippen LogP contribution in [-0.2, 0) is 29.5 Å². The lowest BCUT2D eigenvalue weighted by atomic mass is 10.0. The van der Waals surface area contributed by atoms with Crippen molar-refractivity contribution in [2.45, 2.75) is 31.5 Å². The topological polar surface area (TPSA) is 52.4 Å². The van der Waals surface area contributed by atoms with Gasteiger partial charge in [0.05, 0.1) is 25.9 Å². The van der Waals surface area contributed by atoms with Gasteiger partial charge in [-0.3, -0.25) is 9.88 Å². The van der Waals surface area contributed by atoms with E-state index in [1.165, 1.54) is 5.56 Å². The van der Waals surface area contributed by atoms with E-state index in [0.717, 1.165) is 31.8 Å². The van der Waals surface area contributed by atoms with Gasteiger partial charge < -0.3 is 14.0 Å². The second-order valence-electron chi connectivity index (χ2n) is 6.25. The van der Waals surface area contributed by atoms with Crippen LogP contribution in [0.1, 0.15) is 17.8 Å². The summed E-state index contributed by atoms with van der Waals surface area (Å²) in [5.41, 5.74) is 1.24. The van der Waals surface area contributed by atoms with Crippen LogP contribution in [0.3, 0.4) is 0 Å². The zero-order valence-corrected chi connectivity index (χ0v) is 14.5. The fourth-order valence-corrected chi connectivity index (χ4v) is 3.31. The van der Waals surface area contributed by atoms with Crippen LogP contribution in [0.25, 0.3) is 0 Å². The molecule has 1 saturated heterocycles. The van der Waals surface area contributed by atoms with Gasteiger partial charge in [0.1, 0.15) is 5.82 Å². The molecule has 0 bridgehead atoms. The highest BCUT2D eigenvalue weighted by atomic mass is 16.5. The Morgan fingerprint density at radius 1 is 1.29 bits per heavy atom. The van der Waals surface area contributed by atoms with Crippen molar-refractivity contribution in [3.63, 3.8) is 0 Å². The maximum absolute atomic E-state index is 6.09. The molecule has 2 atom stereocenters. The van der Waals surface area contributed by atoms with E-state index in [9.17, 15) is 0 Å². The molecule has 3 heterocycles. The molecular formula is C18H26N4O2. The minimum Gasteiger partial charge on any atom is -0.382 e. The second kappa shape index (κ2) is 8.37. The number of aryl methyl sites for hydroxylation is 1. The number of aromatic nitrogens is 3. The molecule has 3 rings (SSSR count). The van der Waals surface area contributed by atoms with Gasteiger partial charge in [0.15, 0.2) is 0 Å². The SMILES string of the molecule is COCCO[C@@H]1CCN(Cc2nccn2C)[C@@H]1Cc1cccnc1. The van der Waals surface area contributed by atoms with Crippen LogP contribution in [0, 0.1) is 0 Å². The van der Waals surface area contributed by atoms with Gasteiger partial charge in [-0.05, 0) is 24.5 Å². The van der Waals surface area contributed by atoms with Crippen molar-refractivity contribution >= 4 is 0 Å². The third-order valence-electron chi connectivity index (χ3n) is 4.65. The average Bonchev–Trinajstić information content (AvgIpc) is 3.17. The Hall–Kier alpha value is -1.76. The zero-order valence-electron chi connectivity index (χ0n) is 14.5. The number of likely N-dealkylation sites (tertiary alicyclic amines) is 1. The Labute approximate surface area is 143 Å². The van der Waals surface area contributed by atoms with Crippen molar-refractivity contribution in [1.82, 2.24) is 19.4 Å². The van der Waals surface area contributed by atoms with Crippen LogP contribution in [-0.4, -0.2) is 58.4 Å². The van der Waals surface area contributed by atoms with E-state index in [0.29, 0.717) is 19.3 Å². The number of pyridine rings is 1. The Morgan fingerprint density at radius 2 is 2.21 bits per heavy atom. The lowest BCUT2D eigenvalue weighted by molar-refractivity contribution is -0.00164. The van der Waals surface area contributed by atoms with Crippen molar-refractivity contribution in [2.75, 3.05) is 26.9 Å². The minimum absolute atomic E-state index is 0.223. The van der Waals surface area contributed by atoms with Crippen LogP contribution in [0.4, 0.5) is 0 Å². The summed E-state index contributed by atoms with van der Waals surface area (Å²) < 4.78 is 13.3. The highest BCUT2D eigenvalue weighted by Crippen LogP contribution is 2.25. The average molecular weight is 330 g/mol. The maximum atomic E-state index is 6.09. The summed E-state index contributed by atoms with van der Waals surface area (Å²) >= 11 is 0. The molecular weight excluding hydrogens is 304 g/mol. The summed E-state index contributed by atoms with van der Waals surface area (Å²) in [7, 11) is 3.75. The van der Waals surface area contributed by atoms with Crippen molar-refractivity contribution in [2.24, 2.45) is 7.05 Å². The normalized spacial score (nSPS) is 21.4. The molecule has 0 saturated carbocycles. The number of rotatable bonds is 8. The first-order valence-electron chi connectivity index (χ1n) is 8.47. The van der Waals surface area contributed by atoms with Crippen LogP contribution < -0.4 is 0 Å². The van der Waals surface area contributed by atoms with Gasteiger partial charge in [-0.25, -0.2) is 4.98 Å². The van der Waals surface area contributed by atoms with Crippen molar-refractivity contribution in [1.29, 1.82) is 0 Å². The molecule has 0 spiro atoms. The Morgan fingerprint density at radius 3 is 2.92 bits per heavy atom. The third kappa shape index (κ3) is 4.20. The first-order valence-corrected chi connectivity index (χ1v) is 8.47. The van der Waals surface area contributed by atoms with Crippen molar-refractivity contribution in [3.05, 3.63) is 48.3 Å². The lowest BCUT2D eigenvalue weighted by Gasteiger charge is -2.28. The summed E-state index contributed by atoms with van der Waals surface area (Å²) in [6.07, 6.45) is 9.82. The summed E-state index contributed by atoms with van der Waals surface area (Å²) in [6, 6.07) is 4.47. The predicted molar refractivity (Wildman–Crippen MR) is 91.6 cm³/mol. The summed E-state index contributed by atoms with van der Waals surface area (Å²) in [5.74, 6) is 1.09. The van der Waals surface area contributed by atoms with E-state index in [2.05, 4.69) is 25.5 Å². The summed E-state index contributed by atoms with van der Waals surface area (Å²) in [5, 5.41) is 0. The van der Waals surface area contributed by atoms with Gasteiger partial charge in [-0.2, -0.15) is 0 Å². The third-order valence-corrected chi connectivity index (χ3v) is 4.65. The number of hydrogen-bond donors (Lipinski definition) is 0. The molecule has 24 heavy (non-hydrogen) atoms.